The summed E-state index contributed by atoms with van der Waals surface area (Å²) < 4.78 is 24.5. The Kier molecular flexibility index (Phi) is 5.80. The molecule has 4 heteroatoms. The second-order valence-electron chi connectivity index (χ2n) is 5.47. The fourth-order valence-corrected chi connectivity index (χ4v) is 2.63. The third-order valence-electron chi connectivity index (χ3n) is 3.78. The van der Waals surface area contributed by atoms with Crippen molar-refractivity contribution in [2.24, 2.45) is 0 Å². The van der Waals surface area contributed by atoms with Crippen molar-refractivity contribution in [3.63, 3.8) is 0 Å². The lowest BCUT2D eigenvalue weighted by atomic mass is 10.1. The maximum atomic E-state index is 13.7. The SMILES string of the molecule is COc1ccc(F)c(CN(C)CCC[C@H]2CCCO2)c1. The molecular weight excluding hydrogens is 257 g/mol. The van der Waals surface area contributed by atoms with Gasteiger partial charge in [0.1, 0.15) is 11.6 Å². The van der Waals surface area contributed by atoms with E-state index in [1.54, 1.807) is 19.2 Å². The van der Waals surface area contributed by atoms with Crippen LogP contribution in [0.1, 0.15) is 31.2 Å². The Labute approximate surface area is 120 Å². The van der Waals surface area contributed by atoms with Crippen LogP contribution in [0, 0.1) is 5.82 Å². The minimum Gasteiger partial charge on any atom is -0.497 e. The molecule has 1 heterocycles. The zero-order chi connectivity index (χ0) is 14.4. The van der Waals surface area contributed by atoms with Gasteiger partial charge in [0.15, 0.2) is 0 Å². The van der Waals surface area contributed by atoms with E-state index in [-0.39, 0.29) is 5.82 Å². The number of hydrogen-bond acceptors (Lipinski definition) is 3. The van der Waals surface area contributed by atoms with Crippen molar-refractivity contribution < 1.29 is 13.9 Å². The van der Waals surface area contributed by atoms with Crippen LogP contribution in [0.5, 0.6) is 5.75 Å². The standard InChI is InChI=1S/C16H24FNO2/c1-18(9-3-5-14-6-4-10-20-14)12-13-11-15(19-2)7-8-16(13)17/h7-8,11,14H,3-6,9-10,12H2,1-2H3/t14-/m0/s1. The monoisotopic (exact) mass is 281 g/mol. The summed E-state index contributed by atoms with van der Waals surface area (Å²) in [5.74, 6) is 0.533. The van der Waals surface area contributed by atoms with Crippen molar-refractivity contribution in [2.75, 3.05) is 27.3 Å². The van der Waals surface area contributed by atoms with Crippen LogP contribution in [0.15, 0.2) is 18.2 Å². The highest BCUT2D eigenvalue weighted by molar-refractivity contribution is 5.29. The van der Waals surface area contributed by atoms with E-state index >= 15 is 0 Å². The molecule has 1 aliphatic heterocycles. The van der Waals surface area contributed by atoms with Crippen LogP contribution in [0.25, 0.3) is 0 Å². The average Bonchev–Trinajstić information content (AvgIpc) is 2.94. The van der Waals surface area contributed by atoms with Gasteiger partial charge in [-0.2, -0.15) is 0 Å². The molecule has 0 amide bonds. The molecule has 1 fully saturated rings. The number of benzene rings is 1. The van der Waals surface area contributed by atoms with Gasteiger partial charge in [0, 0.05) is 18.7 Å². The first-order valence-electron chi connectivity index (χ1n) is 7.31. The zero-order valence-electron chi connectivity index (χ0n) is 12.4. The molecule has 20 heavy (non-hydrogen) atoms. The molecule has 0 aliphatic carbocycles. The van der Waals surface area contributed by atoms with E-state index in [1.165, 1.54) is 18.9 Å². The van der Waals surface area contributed by atoms with E-state index < -0.39 is 0 Å². The second-order valence-corrected chi connectivity index (χ2v) is 5.47. The largest absolute Gasteiger partial charge is 0.497 e. The van der Waals surface area contributed by atoms with Crippen LogP contribution >= 0.6 is 0 Å². The van der Waals surface area contributed by atoms with Gasteiger partial charge < -0.3 is 14.4 Å². The summed E-state index contributed by atoms with van der Waals surface area (Å²) in [5.41, 5.74) is 0.684. The number of hydrogen-bond donors (Lipinski definition) is 0. The Bertz CT molecular complexity index is 419. The molecule has 0 unspecified atom stereocenters. The number of rotatable bonds is 7. The molecular formula is C16H24FNO2. The molecule has 0 radical (unpaired) electrons. The highest BCUT2D eigenvalue weighted by atomic mass is 19.1. The Hall–Kier alpha value is -1.13. The molecule has 3 nitrogen and oxygen atoms in total. The molecule has 1 saturated heterocycles. The van der Waals surface area contributed by atoms with Crippen LogP contribution in [-0.2, 0) is 11.3 Å². The number of halogens is 1. The van der Waals surface area contributed by atoms with E-state index in [0.29, 0.717) is 24.0 Å². The van der Waals surface area contributed by atoms with Gasteiger partial charge in [-0.05, 0) is 57.5 Å². The second kappa shape index (κ2) is 7.60. The van der Waals surface area contributed by atoms with Gasteiger partial charge in [-0.25, -0.2) is 4.39 Å². The normalized spacial score (nSPS) is 18.7. The maximum absolute atomic E-state index is 13.7. The lowest BCUT2D eigenvalue weighted by Gasteiger charge is -2.18. The first kappa shape index (κ1) is 15.3. The van der Waals surface area contributed by atoms with E-state index in [4.69, 9.17) is 9.47 Å². The molecule has 1 aromatic carbocycles. The Morgan fingerprint density at radius 3 is 3.00 bits per heavy atom. The third kappa shape index (κ3) is 4.46. The molecule has 1 aliphatic rings. The Morgan fingerprint density at radius 2 is 2.30 bits per heavy atom. The molecule has 0 saturated carbocycles. The number of methoxy groups -OCH3 is 1. The highest BCUT2D eigenvalue weighted by Gasteiger charge is 2.15. The number of ether oxygens (including phenoxy) is 2. The summed E-state index contributed by atoms with van der Waals surface area (Å²) in [6.45, 7) is 2.47. The highest BCUT2D eigenvalue weighted by Crippen LogP contribution is 2.19. The molecule has 0 bridgehead atoms. The van der Waals surface area contributed by atoms with Crippen LogP contribution in [0.2, 0.25) is 0 Å². The summed E-state index contributed by atoms with van der Waals surface area (Å²) in [7, 11) is 3.62. The first-order valence-corrected chi connectivity index (χ1v) is 7.31. The fourth-order valence-electron chi connectivity index (χ4n) is 2.63. The van der Waals surface area contributed by atoms with Crippen LogP contribution < -0.4 is 4.74 Å². The summed E-state index contributed by atoms with van der Waals surface area (Å²) >= 11 is 0. The zero-order valence-corrected chi connectivity index (χ0v) is 12.4. The predicted octanol–water partition coefficient (Wildman–Crippen LogP) is 3.23. The van der Waals surface area contributed by atoms with Crippen LogP contribution in [-0.4, -0.2) is 38.3 Å². The minimum absolute atomic E-state index is 0.170. The van der Waals surface area contributed by atoms with Crippen molar-refractivity contribution in [3.05, 3.63) is 29.6 Å². The topological polar surface area (TPSA) is 21.7 Å². The lowest BCUT2D eigenvalue weighted by molar-refractivity contribution is 0.0995. The van der Waals surface area contributed by atoms with E-state index in [2.05, 4.69) is 4.90 Å². The maximum Gasteiger partial charge on any atom is 0.127 e. The molecule has 0 aromatic heterocycles. The van der Waals surface area contributed by atoms with Crippen LogP contribution in [0.3, 0.4) is 0 Å². The summed E-state index contributed by atoms with van der Waals surface area (Å²) in [6.07, 6.45) is 5.01. The van der Waals surface area contributed by atoms with Gasteiger partial charge >= 0.3 is 0 Å². The van der Waals surface area contributed by atoms with E-state index in [1.807, 2.05) is 7.05 Å². The van der Waals surface area contributed by atoms with E-state index in [0.717, 1.165) is 26.0 Å². The van der Waals surface area contributed by atoms with Gasteiger partial charge in [-0.3, -0.25) is 0 Å². The van der Waals surface area contributed by atoms with Gasteiger partial charge in [0.25, 0.3) is 0 Å². The van der Waals surface area contributed by atoms with Gasteiger partial charge in [-0.1, -0.05) is 0 Å². The average molecular weight is 281 g/mol. The fraction of sp³-hybridized carbons (Fsp3) is 0.625. The van der Waals surface area contributed by atoms with Crippen molar-refractivity contribution in [3.8, 4) is 5.75 Å². The quantitative estimate of drug-likeness (QED) is 0.766. The van der Waals surface area contributed by atoms with Crippen molar-refractivity contribution >= 4 is 0 Å². The third-order valence-corrected chi connectivity index (χ3v) is 3.78. The smallest absolute Gasteiger partial charge is 0.127 e. The Balaban J connectivity index is 1.76. The minimum atomic E-state index is -0.170. The van der Waals surface area contributed by atoms with Crippen LogP contribution in [0.4, 0.5) is 4.39 Å². The van der Waals surface area contributed by atoms with Gasteiger partial charge in [-0.15, -0.1) is 0 Å². The molecule has 1 atom stereocenters. The number of nitrogens with zero attached hydrogens (tertiary/aromatic N) is 1. The van der Waals surface area contributed by atoms with Gasteiger partial charge in [0.05, 0.1) is 13.2 Å². The van der Waals surface area contributed by atoms with E-state index in [9.17, 15) is 4.39 Å². The molecule has 0 spiro atoms. The van der Waals surface area contributed by atoms with Crippen molar-refractivity contribution in [1.29, 1.82) is 0 Å². The van der Waals surface area contributed by atoms with Crippen molar-refractivity contribution in [1.82, 2.24) is 4.90 Å². The molecule has 1 aromatic rings. The molecule has 2 rings (SSSR count). The van der Waals surface area contributed by atoms with Gasteiger partial charge in [0.2, 0.25) is 0 Å². The summed E-state index contributed by atoms with van der Waals surface area (Å²) in [6, 6.07) is 4.89. The predicted molar refractivity (Wildman–Crippen MR) is 77.5 cm³/mol. The first-order chi connectivity index (χ1) is 9.69. The lowest BCUT2D eigenvalue weighted by Crippen LogP contribution is -2.21. The summed E-state index contributed by atoms with van der Waals surface area (Å²) in [4.78, 5) is 2.15. The molecule has 112 valence electrons. The summed E-state index contributed by atoms with van der Waals surface area (Å²) in [5, 5.41) is 0. The van der Waals surface area contributed by atoms with Crippen molar-refractivity contribution in [2.45, 2.75) is 38.3 Å². The molecule has 0 N–H and O–H groups in total. The Morgan fingerprint density at radius 1 is 1.45 bits per heavy atom.